The molecule has 0 aliphatic rings. The van der Waals surface area contributed by atoms with Gasteiger partial charge in [-0.05, 0) is 24.6 Å². The molecule has 0 heterocycles. The molecule has 0 atom stereocenters. The number of anilines is 1. The highest BCUT2D eigenvalue weighted by Gasteiger charge is 2.31. The minimum absolute atomic E-state index is 0.00685. The van der Waals surface area contributed by atoms with E-state index in [1.54, 1.807) is 0 Å². The lowest BCUT2D eigenvalue weighted by Gasteiger charge is -2.11. The van der Waals surface area contributed by atoms with E-state index in [1.807, 2.05) is 6.92 Å². The highest BCUT2D eigenvalue weighted by atomic mass is 19.4. The minimum atomic E-state index is -4.51. The maximum atomic E-state index is 12.6. The molecule has 3 N–H and O–H groups in total. The Kier molecular flexibility index (Phi) is 6.48. The number of rotatable bonds is 7. The summed E-state index contributed by atoms with van der Waals surface area (Å²) in [7, 11) is 0. The molecule has 1 aromatic rings. The van der Waals surface area contributed by atoms with Crippen molar-refractivity contribution in [2.75, 3.05) is 25.5 Å². The molecule has 0 radical (unpaired) electrons. The molecule has 0 saturated heterocycles. The van der Waals surface area contributed by atoms with Crippen molar-refractivity contribution in [1.82, 2.24) is 5.32 Å². The molecule has 118 valence electrons. The van der Waals surface area contributed by atoms with Gasteiger partial charge >= 0.3 is 6.18 Å². The maximum absolute atomic E-state index is 12.6. The van der Waals surface area contributed by atoms with E-state index in [4.69, 9.17) is 10.5 Å². The predicted molar refractivity (Wildman–Crippen MR) is 73.9 cm³/mol. The van der Waals surface area contributed by atoms with Crippen LogP contribution in [-0.4, -0.2) is 25.7 Å². The summed E-state index contributed by atoms with van der Waals surface area (Å²) in [5, 5.41) is 2.48. The van der Waals surface area contributed by atoms with Gasteiger partial charge in [0.2, 0.25) is 0 Å². The average Bonchev–Trinajstić information content (AvgIpc) is 2.41. The van der Waals surface area contributed by atoms with Gasteiger partial charge < -0.3 is 15.8 Å². The number of unbranched alkanes of at least 4 members (excludes halogenated alkanes) is 1. The Bertz CT molecular complexity index is 476. The fourth-order valence-corrected chi connectivity index (χ4v) is 1.61. The van der Waals surface area contributed by atoms with Gasteiger partial charge in [0.1, 0.15) is 0 Å². The normalized spacial score (nSPS) is 11.4. The molecule has 0 unspecified atom stereocenters. The van der Waals surface area contributed by atoms with Crippen molar-refractivity contribution in [1.29, 1.82) is 0 Å². The van der Waals surface area contributed by atoms with Crippen molar-refractivity contribution in [3.05, 3.63) is 29.3 Å². The number of alkyl halides is 3. The summed E-state index contributed by atoms with van der Waals surface area (Å²) in [6.45, 7) is 3.16. The van der Waals surface area contributed by atoms with Gasteiger partial charge in [-0.25, -0.2) is 0 Å². The van der Waals surface area contributed by atoms with Crippen LogP contribution in [0.15, 0.2) is 18.2 Å². The number of nitrogens with one attached hydrogen (secondary N) is 1. The van der Waals surface area contributed by atoms with Crippen LogP contribution in [-0.2, 0) is 10.9 Å². The Hall–Kier alpha value is -1.76. The Balaban J connectivity index is 2.57. The molecule has 0 aliphatic heterocycles. The summed E-state index contributed by atoms with van der Waals surface area (Å²) in [6.07, 6.45) is -2.58. The highest BCUT2D eigenvalue weighted by molar-refractivity contribution is 5.99. The number of carbonyl (C=O) groups excluding carboxylic acids is 1. The second kappa shape index (κ2) is 7.87. The number of halogens is 3. The van der Waals surface area contributed by atoms with E-state index >= 15 is 0 Å². The summed E-state index contributed by atoms with van der Waals surface area (Å²) in [5.41, 5.74) is 4.47. The van der Waals surface area contributed by atoms with E-state index in [1.165, 1.54) is 0 Å². The van der Waals surface area contributed by atoms with Crippen LogP contribution < -0.4 is 11.1 Å². The quantitative estimate of drug-likeness (QED) is 0.601. The minimum Gasteiger partial charge on any atom is -0.398 e. The maximum Gasteiger partial charge on any atom is 0.416 e. The summed E-state index contributed by atoms with van der Waals surface area (Å²) < 4.78 is 43.0. The number of nitrogens with two attached hydrogens (primary N) is 1. The summed E-state index contributed by atoms with van der Waals surface area (Å²) >= 11 is 0. The molecule has 0 fully saturated rings. The summed E-state index contributed by atoms with van der Waals surface area (Å²) in [4.78, 5) is 11.8. The number of amides is 1. The largest absolute Gasteiger partial charge is 0.416 e. The molecule has 0 aromatic heterocycles. The van der Waals surface area contributed by atoms with Crippen molar-refractivity contribution in [2.45, 2.75) is 25.9 Å². The van der Waals surface area contributed by atoms with Crippen molar-refractivity contribution < 1.29 is 22.7 Å². The summed E-state index contributed by atoms with van der Waals surface area (Å²) in [5.74, 6) is -0.641. The Morgan fingerprint density at radius 3 is 2.67 bits per heavy atom. The van der Waals surface area contributed by atoms with E-state index in [0.29, 0.717) is 13.2 Å². The van der Waals surface area contributed by atoms with Crippen LogP contribution in [0.4, 0.5) is 18.9 Å². The molecule has 1 aromatic carbocycles. The second-order valence-electron chi connectivity index (χ2n) is 4.52. The molecule has 1 amide bonds. The van der Waals surface area contributed by atoms with Crippen molar-refractivity contribution in [3.63, 3.8) is 0 Å². The van der Waals surface area contributed by atoms with Gasteiger partial charge in [-0.15, -0.1) is 0 Å². The predicted octanol–water partition coefficient (Wildman–Crippen LogP) is 2.83. The van der Waals surface area contributed by atoms with E-state index in [2.05, 4.69) is 5.32 Å². The number of carbonyl (C=O) groups is 1. The van der Waals surface area contributed by atoms with E-state index in [0.717, 1.165) is 31.0 Å². The molecule has 0 saturated carbocycles. The highest BCUT2D eigenvalue weighted by Crippen LogP contribution is 2.31. The van der Waals surface area contributed by atoms with Crippen LogP contribution in [0.25, 0.3) is 0 Å². The van der Waals surface area contributed by atoms with Crippen molar-refractivity contribution in [3.8, 4) is 0 Å². The molecule has 1 rings (SSSR count). The van der Waals surface area contributed by atoms with Crippen molar-refractivity contribution in [2.24, 2.45) is 0 Å². The number of benzene rings is 1. The molecule has 4 nitrogen and oxygen atoms in total. The van der Waals surface area contributed by atoms with Gasteiger partial charge in [0, 0.05) is 18.8 Å². The topological polar surface area (TPSA) is 64.3 Å². The molecule has 0 spiro atoms. The number of hydrogen-bond acceptors (Lipinski definition) is 3. The van der Waals surface area contributed by atoms with Gasteiger partial charge in [-0.3, -0.25) is 4.79 Å². The zero-order valence-electron chi connectivity index (χ0n) is 11.8. The standard InChI is InChI=1S/C14H19F3N2O2/c1-2-3-7-21-8-6-19-13(20)11-9-10(14(15,16)17)4-5-12(11)18/h4-5,9H,2-3,6-8,18H2,1H3,(H,19,20). The number of hydrogen-bond donors (Lipinski definition) is 2. The van der Waals surface area contributed by atoms with Crippen molar-refractivity contribution >= 4 is 11.6 Å². The van der Waals surface area contributed by atoms with E-state index < -0.39 is 17.6 Å². The lowest BCUT2D eigenvalue weighted by molar-refractivity contribution is -0.137. The van der Waals surface area contributed by atoms with Crippen LogP contribution >= 0.6 is 0 Å². The van der Waals surface area contributed by atoms with Crippen LogP contribution in [0.2, 0.25) is 0 Å². The van der Waals surface area contributed by atoms with Crippen LogP contribution in [0.1, 0.15) is 35.7 Å². The molecule has 0 aliphatic carbocycles. The van der Waals surface area contributed by atoms with Crippen LogP contribution in [0, 0.1) is 0 Å². The van der Waals surface area contributed by atoms with Gasteiger partial charge in [-0.2, -0.15) is 13.2 Å². The second-order valence-corrected chi connectivity index (χ2v) is 4.52. The van der Waals surface area contributed by atoms with Gasteiger partial charge in [0.25, 0.3) is 5.91 Å². The molecular weight excluding hydrogens is 285 g/mol. The first-order chi connectivity index (χ1) is 9.86. The van der Waals surface area contributed by atoms with Gasteiger partial charge in [-0.1, -0.05) is 13.3 Å². The third-order valence-electron chi connectivity index (χ3n) is 2.80. The zero-order valence-corrected chi connectivity index (χ0v) is 11.8. The fraction of sp³-hybridized carbons (Fsp3) is 0.500. The van der Waals surface area contributed by atoms with E-state index in [-0.39, 0.29) is 17.8 Å². The lowest BCUT2D eigenvalue weighted by Crippen LogP contribution is -2.28. The molecule has 7 heteroatoms. The van der Waals surface area contributed by atoms with Gasteiger partial charge in [0.05, 0.1) is 17.7 Å². The first-order valence-electron chi connectivity index (χ1n) is 6.69. The zero-order chi connectivity index (χ0) is 15.9. The monoisotopic (exact) mass is 304 g/mol. The van der Waals surface area contributed by atoms with E-state index in [9.17, 15) is 18.0 Å². The SMILES string of the molecule is CCCCOCCNC(=O)c1cc(C(F)(F)F)ccc1N. The lowest BCUT2D eigenvalue weighted by atomic mass is 10.1. The van der Waals surface area contributed by atoms with Crippen LogP contribution in [0.3, 0.4) is 0 Å². The number of ether oxygens (including phenoxy) is 1. The third-order valence-corrected chi connectivity index (χ3v) is 2.80. The fourth-order valence-electron chi connectivity index (χ4n) is 1.61. The first-order valence-corrected chi connectivity index (χ1v) is 6.69. The Labute approximate surface area is 121 Å². The smallest absolute Gasteiger partial charge is 0.398 e. The van der Waals surface area contributed by atoms with Gasteiger partial charge in [0.15, 0.2) is 0 Å². The average molecular weight is 304 g/mol. The van der Waals surface area contributed by atoms with Crippen LogP contribution in [0.5, 0.6) is 0 Å². The Morgan fingerprint density at radius 1 is 1.33 bits per heavy atom. The molecular formula is C14H19F3N2O2. The number of nitrogen functional groups attached to an aromatic ring is 1. The Morgan fingerprint density at radius 2 is 2.05 bits per heavy atom. The molecule has 0 bridgehead atoms. The molecule has 21 heavy (non-hydrogen) atoms. The summed E-state index contributed by atoms with van der Waals surface area (Å²) in [6, 6.07) is 2.68. The first kappa shape index (κ1) is 17.3. The third kappa shape index (κ3) is 5.63.